The Kier molecular flexibility index (Phi) is 8.74. The Morgan fingerprint density at radius 2 is 1.38 bits per heavy atom. The summed E-state index contributed by atoms with van der Waals surface area (Å²) in [5, 5.41) is 0. The van der Waals surface area contributed by atoms with Crippen molar-refractivity contribution in [3.8, 4) is 11.1 Å². The van der Waals surface area contributed by atoms with Crippen molar-refractivity contribution >= 4 is 3.27 Å². The van der Waals surface area contributed by atoms with Crippen LogP contribution in [0.1, 0.15) is 91.5 Å². The number of fused-ring (bicyclic) bond motifs is 3. The van der Waals surface area contributed by atoms with E-state index in [2.05, 4.69) is 112 Å². The van der Waals surface area contributed by atoms with Gasteiger partial charge in [-0.15, -0.1) is 0 Å². The quantitative estimate of drug-likeness (QED) is 0.440. The Morgan fingerprint density at radius 1 is 0.765 bits per heavy atom. The molecule has 34 heavy (non-hydrogen) atoms. The van der Waals surface area contributed by atoms with E-state index < -0.39 is 23.2 Å². The molecule has 0 aliphatic heterocycles. The predicted octanol–water partition coefficient (Wildman–Crippen LogP) is 2.07. The summed E-state index contributed by atoms with van der Waals surface area (Å²) >= 11 is -0.905. The fourth-order valence-electron chi connectivity index (χ4n) is 4.98. The van der Waals surface area contributed by atoms with Crippen molar-refractivity contribution in [1.82, 2.24) is 0 Å². The summed E-state index contributed by atoms with van der Waals surface area (Å²) in [4.78, 5) is 0. The van der Waals surface area contributed by atoms with Crippen LogP contribution >= 0.6 is 0 Å². The summed E-state index contributed by atoms with van der Waals surface area (Å²) in [7, 11) is 0. The molecule has 0 saturated carbocycles. The third kappa shape index (κ3) is 5.69. The van der Waals surface area contributed by atoms with Crippen LogP contribution < -0.4 is 28.1 Å². The van der Waals surface area contributed by atoms with Gasteiger partial charge in [0.15, 0.2) is 0 Å². The molecule has 0 radical (unpaired) electrons. The smallest absolute Gasteiger partial charge is 1.00 e. The predicted molar refractivity (Wildman–Crippen MR) is 137 cm³/mol. The summed E-state index contributed by atoms with van der Waals surface area (Å²) in [6.45, 7) is 23.6. The third-order valence-corrected chi connectivity index (χ3v) is 11.3. The van der Waals surface area contributed by atoms with Gasteiger partial charge in [0.25, 0.3) is 0 Å². The van der Waals surface area contributed by atoms with Crippen LogP contribution in [0.5, 0.6) is 0 Å². The average molecular weight is 575 g/mol. The molecule has 4 rings (SSSR count). The van der Waals surface area contributed by atoms with Gasteiger partial charge in [-0.3, -0.25) is 0 Å². The maximum Gasteiger partial charge on any atom is -1.00 e. The zero-order chi connectivity index (χ0) is 23.6. The number of hydrogen-bond donors (Lipinski definition) is 0. The molecule has 3 heteroatoms. The second-order valence-corrected chi connectivity index (χ2v) is 16.2. The summed E-state index contributed by atoms with van der Waals surface area (Å²) in [6, 6.07) is 12.1. The van der Waals surface area contributed by atoms with Crippen molar-refractivity contribution in [2.45, 2.75) is 86.5 Å². The van der Waals surface area contributed by atoms with E-state index in [4.69, 9.17) is 0 Å². The van der Waals surface area contributed by atoms with Crippen molar-refractivity contribution in [2.75, 3.05) is 0 Å². The largest absolute Gasteiger partial charge is 1.00 e. The molecule has 2 aromatic rings. The van der Waals surface area contributed by atoms with Gasteiger partial charge < -0.3 is 24.8 Å². The molecule has 2 aromatic carbocycles. The molecule has 0 fully saturated rings. The van der Waals surface area contributed by atoms with Crippen LogP contribution in [0.15, 0.2) is 51.3 Å². The van der Waals surface area contributed by atoms with E-state index in [1.165, 1.54) is 27.8 Å². The molecule has 0 aromatic heterocycles. The number of halogens is 2. The Morgan fingerprint density at radius 3 is 1.91 bits per heavy atom. The molecule has 0 N–H and O–H groups in total. The zero-order valence-electron chi connectivity index (χ0n) is 22.6. The number of rotatable bonds is 2. The van der Waals surface area contributed by atoms with Crippen LogP contribution in [0.4, 0.5) is 0 Å². The normalized spacial score (nSPS) is 17.1. The van der Waals surface area contributed by atoms with Gasteiger partial charge in [-0.25, -0.2) is 0 Å². The molecule has 1 unspecified atom stereocenters. The van der Waals surface area contributed by atoms with E-state index in [0.29, 0.717) is 5.92 Å². The number of allylic oxidation sites excluding steroid dienone is 4. The standard InChI is InChI=1S/C21H25.C10H15.2ClH.Zr/c1-20(2,3)16-7-9-18-14(12-16)11-15-13-17(21(4,5)6)8-10-19(15)18;1-8-5-6-9(7-8)10(2,3)4;;;/h7-10,12H,11H2,1-6H3;6-8H,1-4H3;2*1H;/q;;;;+2/p-2. The number of benzene rings is 2. The van der Waals surface area contributed by atoms with Gasteiger partial charge in [-0.1, -0.05) is 0 Å². The maximum absolute atomic E-state index is 2.57. The SMILES string of the molecule is CC1C=C(C(C)(C)C)C=[C]1[Zr+2][c]1c(C(C)(C)C)ccc2c1Cc1cc(C(C)(C)C)ccc1-2.[Cl-].[Cl-]. The molecule has 0 bridgehead atoms. The van der Waals surface area contributed by atoms with Gasteiger partial charge in [-0.05, 0) is 0 Å². The van der Waals surface area contributed by atoms with Crippen LogP contribution in [0.25, 0.3) is 11.1 Å². The Balaban J connectivity index is 0.00000204. The van der Waals surface area contributed by atoms with Gasteiger partial charge in [-0.2, -0.15) is 0 Å². The number of hydrogen-bond acceptors (Lipinski definition) is 0. The van der Waals surface area contributed by atoms with Gasteiger partial charge in [0.05, 0.1) is 0 Å². The monoisotopic (exact) mass is 572 g/mol. The van der Waals surface area contributed by atoms with Crippen LogP contribution in [0, 0.1) is 11.3 Å². The fraction of sp³-hybridized carbons (Fsp3) is 0.484. The van der Waals surface area contributed by atoms with Crippen molar-refractivity contribution in [2.24, 2.45) is 11.3 Å². The van der Waals surface area contributed by atoms with E-state index in [9.17, 15) is 0 Å². The molecule has 0 nitrogen and oxygen atoms in total. The molecular weight excluding hydrogens is 534 g/mol. The van der Waals surface area contributed by atoms with E-state index in [-0.39, 0.29) is 41.1 Å². The first kappa shape index (κ1) is 29.6. The van der Waals surface area contributed by atoms with Crippen molar-refractivity contribution < 1.29 is 48.0 Å². The van der Waals surface area contributed by atoms with Gasteiger partial charge in [0.1, 0.15) is 0 Å². The van der Waals surface area contributed by atoms with E-state index in [1.807, 2.05) is 0 Å². The minimum absolute atomic E-state index is 0. The van der Waals surface area contributed by atoms with E-state index >= 15 is 0 Å². The van der Waals surface area contributed by atoms with Crippen molar-refractivity contribution in [1.29, 1.82) is 0 Å². The van der Waals surface area contributed by atoms with Crippen LogP contribution in [-0.4, -0.2) is 0 Å². The second-order valence-electron chi connectivity index (χ2n) is 12.9. The molecule has 1 atom stereocenters. The second kappa shape index (κ2) is 10.0. The van der Waals surface area contributed by atoms with Crippen LogP contribution in [-0.2, 0) is 40.5 Å². The van der Waals surface area contributed by atoms with E-state index in [0.717, 1.165) is 6.42 Å². The topological polar surface area (TPSA) is 0 Å². The maximum atomic E-state index is 2.57. The Hall–Kier alpha value is -0.617. The molecule has 182 valence electrons. The average Bonchev–Trinajstić information content (AvgIpc) is 3.20. The Bertz CT molecular complexity index is 1130. The van der Waals surface area contributed by atoms with E-state index in [1.54, 1.807) is 17.7 Å². The first-order valence-corrected chi connectivity index (χ1v) is 14.6. The molecular formula is C31H40Cl2Zr. The fourth-order valence-corrected chi connectivity index (χ4v) is 9.39. The zero-order valence-corrected chi connectivity index (χ0v) is 26.6. The summed E-state index contributed by atoms with van der Waals surface area (Å²) < 4.78 is 3.48. The van der Waals surface area contributed by atoms with Gasteiger partial charge >= 0.3 is 209 Å². The van der Waals surface area contributed by atoms with Gasteiger partial charge in [0.2, 0.25) is 0 Å². The molecule has 2 aliphatic carbocycles. The van der Waals surface area contributed by atoms with Gasteiger partial charge in [0, 0.05) is 0 Å². The van der Waals surface area contributed by atoms with Crippen LogP contribution in [0.2, 0.25) is 0 Å². The summed E-state index contributed by atoms with van der Waals surface area (Å²) in [5.41, 5.74) is 11.3. The molecule has 2 aliphatic rings. The molecule has 0 heterocycles. The minimum Gasteiger partial charge on any atom is -1.00 e. The molecule has 0 amide bonds. The van der Waals surface area contributed by atoms with Crippen molar-refractivity contribution in [3.05, 3.63) is 73.6 Å². The first-order valence-electron chi connectivity index (χ1n) is 12.2. The minimum atomic E-state index is -0.905. The Labute approximate surface area is 232 Å². The summed E-state index contributed by atoms with van der Waals surface area (Å²) in [5.74, 6) is 0.593. The third-order valence-electron chi connectivity index (χ3n) is 7.12. The van der Waals surface area contributed by atoms with Crippen molar-refractivity contribution in [3.63, 3.8) is 0 Å². The molecule has 0 spiro atoms. The molecule has 0 saturated heterocycles. The summed E-state index contributed by atoms with van der Waals surface area (Å²) in [6.07, 6.45) is 6.21. The van der Waals surface area contributed by atoms with Crippen LogP contribution in [0.3, 0.4) is 0 Å². The first-order chi connectivity index (χ1) is 14.7.